The highest BCUT2D eigenvalue weighted by Crippen LogP contribution is 2.14. The molecule has 0 saturated carbocycles. The summed E-state index contributed by atoms with van der Waals surface area (Å²) in [7, 11) is 0. The summed E-state index contributed by atoms with van der Waals surface area (Å²) >= 11 is 0. The van der Waals surface area contributed by atoms with E-state index in [1.165, 1.54) is 4.68 Å². The topological polar surface area (TPSA) is 82.7 Å². The molecule has 0 fully saturated rings. The average Bonchev–Trinajstić information content (AvgIpc) is 3.05. The molecule has 4 rings (SSSR count). The Morgan fingerprint density at radius 1 is 1.16 bits per heavy atom. The Morgan fingerprint density at radius 3 is 2.76 bits per heavy atom. The van der Waals surface area contributed by atoms with Gasteiger partial charge in [0.15, 0.2) is 0 Å². The maximum atomic E-state index is 12.9. The van der Waals surface area contributed by atoms with E-state index in [2.05, 4.69) is 15.3 Å². The summed E-state index contributed by atoms with van der Waals surface area (Å²) in [4.78, 5) is 30.2. The number of aryl methyl sites for hydroxylation is 2. The summed E-state index contributed by atoms with van der Waals surface area (Å²) in [5.41, 5.74) is 2.26. The van der Waals surface area contributed by atoms with E-state index in [4.69, 9.17) is 0 Å². The van der Waals surface area contributed by atoms with Crippen LogP contribution in [0, 0.1) is 6.92 Å². The fraction of sp³-hybridized carbons (Fsp3) is 0.167. The van der Waals surface area contributed by atoms with Gasteiger partial charge in [0.25, 0.3) is 5.91 Å². The maximum Gasteiger partial charge on any atom is 0.285 e. The van der Waals surface area contributed by atoms with Crippen LogP contribution >= 0.6 is 0 Å². The zero-order valence-corrected chi connectivity index (χ0v) is 13.8. The second kappa shape index (κ2) is 5.62. The highest BCUT2D eigenvalue weighted by molar-refractivity contribution is 6.01. The molecular formula is C18H15N5O2. The molecule has 7 heteroatoms. The first kappa shape index (κ1) is 15.2. The third kappa shape index (κ3) is 2.32. The van der Waals surface area contributed by atoms with Crippen LogP contribution in [0.3, 0.4) is 0 Å². The number of fused-ring (bicyclic) bond motifs is 2. The smallest absolute Gasteiger partial charge is 0.285 e. The number of carbonyl (C=O) groups is 1. The highest BCUT2D eigenvalue weighted by atomic mass is 16.2. The van der Waals surface area contributed by atoms with Gasteiger partial charge in [-0.3, -0.25) is 9.59 Å². The van der Waals surface area contributed by atoms with E-state index < -0.39 is 5.91 Å². The van der Waals surface area contributed by atoms with Gasteiger partial charge in [0.1, 0.15) is 16.7 Å². The minimum Gasteiger partial charge on any atom is -0.332 e. The van der Waals surface area contributed by atoms with Crippen LogP contribution in [0.4, 0.5) is 0 Å². The molecule has 0 radical (unpaired) electrons. The fourth-order valence-electron chi connectivity index (χ4n) is 2.89. The van der Waals surface area contributed by atoms with Crippen molar-refractivity contribution >= 4 is 28.0 Å². The monoisotopic (exact) mass is 333 g/mol. The SMILES string of the molecule is CCn1cc(C(=O)n2nnc3ccccc32)c(=O)c2ccc(C)nc21. The summed E-state index contributed by atoms with van der Waals surface area (Å²) in [6, 6.07) is 10.6. The molecule has 3 heterocycles. The van der Waals surface area contributed by atoms with Crippen LogP contribution in [0.2, 0.25) is 0 Å². The number of para-hydroxylation sites is 1. The summed E-state index contributed by atoms with van der Waals surface area (Å²) < 4.78 is 2.97. The molecule has 4 aromatic rings. The lowest BCUT2D eigenvalue weighted by molar-refractivity contribution is 0.0946. The molecule has 0 amide bonds. The standard InChI is InChI=1S/C18H15N5O2/c1-3-22-10-13(16(24)12-9-8-11(2)19-17(12)22)18(25)23-15-7-5-4-6-14(15)20-21-23/h4-10H,3H2,1-2H3. The molecule has 0 aliphatic rings. The van der Waals surface area contributed by atoms with E-state index in [9.17, 15) is 9.59 Å². The van der Waals surface area contributed by atoms with Crippen LogP contribution < -0.4 is 5.43 Å². The predicted molar refractivity (Wildman–Crippen MR) is 93.7 cm³/mol. The van der Waals surface area contributed by atoms with Gasteiger partial charge < -0.3 is 4.57 Å². The summed E-state index contributed by atoms with van der Waals surface area (Å²) in [5.74, 6) is -0.497. The third-order valence-corrected chi connectivity index (χ3v) is 4.18. The quantitative estimate of drug-likeness (QED) is 0.561. The van der Waals surface area contributed by atoms with Crippen LogP contribution in [-0.4, -0.2) is 30.5 Å². The Balaban J connectivity index is 1.98. The van der Waals surface area contributed by atoms with Gasteiger partial charge in [0.05, 0.1) is 10.9 Å². The van der Waals surface area contributed by atoms with Gasteiger partial charge in [-0.15, -0.1) is 5.10 Å². The van der Waals surface area contributed by atoms with Crippen LogP contribution in [0.1, 0.15) is 23.0 Å². The van der Waals surface area contributed by atoms with Gasteiger partial charge in [-0.1, -0.05) is 17.3 Å². The molecule has 1 aromatic carbocycles. The number of aromatic nitrogens is 5. The summed E-state index contributed by atoms with van der Waals surface area (Å²) in [5, 5.41) is 8.32. The summed E-state index contributed by atoms with van der Waals surface area (Å²) in [6.07, 6.45) is 1.55. The minimum absolute atomic E-state index is 0.0515. The van der Waals surface area contributed by atoms with Crippen molar-refractivity contribution in [2.45, 2.75) is 20.4 Å². The second-order valence-electron chi connectivity index (χ2n) is 5.78. The van der Waals surface area contributed by atoms with Crippen molar-refractivity contribution in [3.63, 3.8) is 0 Å². The van der Waals surface area contributed by atoms with Gasteiger partial charge >= 0.3 is 0 Å². The zero-order valence-electron chi connectivity index (χ0n) is 13.8. The molecule has 0 atom stereocenters. The predicted octanol–water partition coefficient (Wildman–Crippen LogP) is 2.16. The van der Waals surface area contributed by atoms with E-state index in [0.717, 1.165) is 5.69 Å². The van der Waals surface area contributed by atoms with E-state index >= 15 is 0 Å². The van der Waals surface area contributed by atoms with E-state index in [1.807, 2.05) is 19.9 Å². The summed E-state index contributed by atoms with van der Waals surface area (Å²) in [6.45, 7) is 4.39. The Kier molecular flexibility index (Phi) is 3.42. The molecular weight excluding hydrogens is 318 g/mol. The van der Waals surface area contributed by atoms with Crippen molar-refractivity contribution in [2.24, 2.45) is 0 Å². The van der Waals surface area contributed by atoms with E-state index in [-0.39, 0.29) is 11.0 Å². The van der Waals surface area contributed by atoms with Crippen LogP contribution in [0.25, 0.3) is 22.1 Å². The Morgan fingerprint density at radius 2 is 1.96 bits per heavy atom. The minimum atomic E-state index is -0.497. The van der Waals surface area contributed by atoms with Gasteiger partial charge in [-0.2, -0.15) is 4.68 Å². The largest absolute Gasteiger partial charge is 0.332 e. The van der Waals surface area contributed by atoms with Crippen molar-refractivity contribution in [1.29, 1.82) is 0 Å². The Bertz CT molecular complexity index is 1190. The van der Waals surface area contributed by atoms with Crippen molar-refractivity contribution in [3.8, 4) is 0 Å². The molecule has 25 heavy (non-hydrogen) atoms. The van der Waals surface area contributed by atoms with E-state index in [0.29, 0.717) is 28.6 Å². The zero-order chi connectivity index (χ0) is 17.6. The Labute approximate surface area is 142 Å². The third-order valence-electron chi connectivity index (χ3n) is 4.18. The van der Waals surface area contributed by atoms with Crippen LogP contribution in [-0.2, 0) is 6.54 Å². The molecule has 7 nitrogen and oxygen atoms in total. The number of hydrogen-bond donors (Lipinski definition) is 0. The molecule has 124 valence electrons. The van der Waals surface area contributed by atoms with Crippen molar-refractivity contribution in [1.82, 2.24) is 24.5 Å². The van der Waals surface area contributed by atoms with Gasteiger partial charge in [-0.05, 0) is 38.1 Å². The van der Waals surface area contributed by atoms with Gasteiger partial charge in [0, 0.05) is 18.4 Å². The average molecular weight is 333 g/mol. The number of rotatable bonds is 2. The molecule has 0 bridgehead atoms. The number of pyridine rings is 2. The number of nitrogens with zero attached hydrogens (tertiary/aromatic N) is 5. The lowest BCUT2D eigenvalue weighted by Gasteiger charge is -2.10. The maximum absolute atomic E-state index is 12.9. The van der Waals surface area contributed by atoms with Crippen molar-refractivity contribution in [3.05, 3.63) is 64.1 Å². The molecule has 3 aromatic heterocycles. The van der Waals surface area contributed by atoms with Crippen LogP contribution in [0.15, 0.2) is 47.4 Å². The first-order valence-corrected chi connectivity index (χ1v) is 7.96. The highest BCUT2D eigenvalue weighted by Gasteiger charge is 2.20. The van der Waals surface area contributed by atoms with Crippen LogP contribution in [0.5, 0.6) is 0 Å². The number of benzene rings is 1. The van der Waals surface area contributed by atoms with Crippen molar-refractivity contribution in [2.75, 3.05) is 0 Å². The lowest BCUT2D eigenvalue weighted by atomic mass is 10.1. The van der Waals surface area contributed by atoms with E-state index in [1.54, 1.807) is 41.1 Å². The molecule has 0 saturated heterocycles. The van der Waals surface area contributed by atoms with Gasteiger partial charge in [-0.25, -0.2) is 4.98 Å². The van der Waals surface area contributed by atoms with Crippen molar-refractivity contribution < 1.29 is 4.79 Å². The number of carbonyl (C=O) groups excluding carboxylic acids is 1. The normalized spacial score (nSPS) is 11.3. The first-order valence-electron chi connectivity index (χ1n) is 7.96. The Hall–Kier alpha value is -3.35. The molecule has 0 spiro atoms. The lowest BCUT2D eigenvalue weighted by Crippen LogP contribution is -2.25. The molecule has 0 aliphatic carbocycles. The first-order chi connectivity index (χ1) is 12.1. The number of hydrogen-bond acceptors (Lipinski definition) is 5. The molecule has 0 aliphatic heterocycles. The molecule has 0 N–H and O–H groups in total. The van der Waals surface area contributed by atoms with Gasteiger partial charge in [0.2, 0.25) is 5.43 Å². The second-order valence-corrected chi connectivity index (χ2v) is 5.78. The fourth-order valence-corrected chi connectivity index (χ4v) is 2.89. The molecule has 0 unspecified atom stereocenters.